The molecule has 10 rings (SSSR count). The van der Waals surface area contributed by atoms with Crippen LogP contribution in [0.4, 0.5) is 17.1 Å². The van der Waals surface area contributed by atoms with Crippen LogP contribution in [0.2, 0.25) is 0 Å². The number of rotatable bonds is 5. The van der Waals surface area contributed by atoms with E-state index in [2.05, 4.69) is 181 Å². The lowest BCUT2D eigenvalue weighted by molar-refractivity contribution is 1.30. The summed E-state index contributed by atoms with van der Waals surface area (Å²) in [5, 5.41) is 7.68. The van der Waals surface area contributed by atoms with E-state index in [1.54, 1.807) is 0 Å². The highest BCUT2D eigenvalue weighted by Crippen LogP contribution is 2.51. The van der Waals surface area contributed by atoms with Gasteiger partial charge in [-0.05, 0) is 70.4 Å². The van der Waals surface area contributed by atoms with E-state index in [1.165, 1.54) is 79.1 Å². The third-order valence-electron chi connectivity index (χ3n) is 9.66. The molecule has 10 aromatic rings. The Morgan fingerprint density at radius 2 is 0.837 bits per heavy atom. The highest BCUT2D eigenvalue weighted by atomic mass is 32.1. The Morgan fingerprint density at radius 1 is 0.327 bits per heavy atom. The molecule has 0 spiro atoms. The molecule has 0 saturated heterocycles. The summed E-state index contributed by atoms with van der Waals surface area (Å²) in [6.07, 6.45) is 0. The van der Waals surface area contributed by atoms with E-state index < -0.39 is 0 Å². The maximum absolute atomic E-state index is 2.52. The fourth-order valence-corrected chi connectivity index (χ4v) is 9.76. The first-order valence-electron chi connectivity index (χ1n) is 16.6. The summed E-state index contributed by atoms with van der Waals surface area (Å²) in [5.74, 6) is 0. The van der Waals surface area contributed by atoms with Crippen LogP contribution < -0.4 is 4.90 Å². The Kier molecular flexibility index (Phi) is 6.61. The van der Waals surface area contributed by atoms with Gasteiger partial charge >= 0.3 is 0 Å². The lowest BCUT2D eigenvalue weighted by atomic mass is 9.95. The van der Waals surface area contributed by atoms with Gasteiger partial charge in [0.25, 0.3) is 0 Å². The topological polar surface area (TPSA) is 3.24 Å². The molecule has 49 heavy (non-hydrogen) atoms. The summed E-state index contributed by atoms with van der Waals surface area (Å²) in [4.78, 5) is 2.52. The Morgan fingerprint density at radius 3 is 1.61 bits per heavy atom. The molecule has 230 valence electrons. The summed E-state index contributed by atoms with van der Waals surface area (Å²) in [5.41, 5.74) is 8.33. The zero-order valence-corrected chi connectivity index (χ0v) is 28.1. The zero-order valence-electron chi connectivity index (χ0n) is 26.5. The van der Waals surface area contributed by atoms with Crippen LogP contribution in [-0.4, -0.2) is 0 Å². The smallest absolute Gasteiger partial charge is 0.0555 e. The largest absolute Gasteiger partial charge is 0.309 e. The minimum atomic E-state index is 1.15. The first-order chi connectivity index (χ1) is 24.3. The summed E-state index contributed by atoms with van der Waals surface area (Å²) < 4.78 is 5.21. The van der Waals surface area contributed by atoms with Crippen LogP contribution >= 0.6 is 22.7 Å². The normalized spacial score (nSPS) is 11.7. The van der Waals surface area contributed by atoms with Crippen molar-refractivity contribution in [1.29, 1.82) is 0 Å². The van der Waals surface area contributed by atoms with Gasteiger partial charge in [-0.25, -0.2) is 0 Å². The minimum Gasteiger partial charge on any atom is -0.309 e. The van der Waals surface area contributed by atoms with Crippen LogP contribution in [0.5, 0.6) is 0 Å². The van der Waals surface area contributed by atoms with Crippen molar-refractivity contribution in [1.82, 2.24) is 0 Å². The molecule has 0 saturated carbocycles. The van der Waals surface area contributed by atoms with Crippen LogP contribution in [0.1, 0.15) is 0 Å². The molecule has 0 aliphatic carbocycles. The molecule has 0 unspecified atom stereocenters. The maximum Gasteiger partial charge on any atom is 0.0555 e. The zero-order chi connectivity index (χ0) is 32.3. The molecule has 0 aliphatic rings. The van der Waals surface area contributed by atoms with Gasteiger partial charge in [0.1, 0.15) is 0 Å². The number of thiophene rings is 2. The van der Waals surface area contributed by atoms with E-state index in [4.69, 9.17) is 0 Å². The fraction of sp³-hybridized carbons (Fsp3) is 0. The molecule has 3 heteroatoms. The molecule has 0 radical (unpaired) electrons. The second-order valence-electron chi connectivity index (χ2n) is 12.5. The first kappa shape index (κ1) is 28.3. The highest BCUT2D eigenvalue weighted by Gasteiger charge is 2.24. The first-order valence-corrected chi connectivity index (χ1v) is 18.2. The molecular formula is C46H29NS2. The third kappa shape index (κ3) is 4.58. The third-order valence-corrected chi connectivity index (χ3v) is 11.9. The molecule has 8 aromatic carbocycles. The van der Waals surface area contributed by atoms with Gasteiger partial charge in [0.15, 0.2) is 0 Å². The maximum atomic E-state index is 2.52. The summed E-state index contributed by atoms with van der Waals surface area (Å²) in [7, 11) is 0. The van der Waals surface area contributed by atoms with Gasteiger partial charge in [-0.2, -0.15) is 0 Å². The average Bonchev–Trinajstić information content (AvgIpc) is 3.74. The molecule has 0 atom stereocenters. The number of benzene rings is 8. The molecular weight excluding hydrogens is 631 g/mol. The van der Waals surface area contributed by atoms with Gasteiger partial charge in [0, 0.05) is 51.5 Å². The van der Waals surface area contributed by atoms with Gasteiger partial charge in [-0.3, -0.25) is 0 Å². The molecule has 2 heterocycles. The van der Waals surface area contributed by atoms with Crippen LogP contribution in [-0.2, 0) is 0 Å². The van der Waals surface area contributed by atoms with Crippen molar-refractivity contribution >= 4 is 90.9 Å². The minimum absolute atomic E-state index is 1.15. The number of hydrogen-bond donors (Lipinski definition) is 0. The number of nitrogens with zero attached hydrogens (tertiary/aromatic N) is 1. The van der Waals surface area contributed by atoms with Crippen LogP contribution in [0.3, 0.4) is 0 Å². The van der Waals surface area contributed by atoms with Gasteiger partial charge in [-0.15, -0.1) is 22.7 Å². The number of fused-ring (bicyclic) bond motifs is 7. The van der Waals surface area contributed by atoms with E-state index in [-0.39, 0.29) is 0 Å². The SMILES string of the molecule is c1ccc(N(c2ccccc2-c2cccc3sc4ccccc4c23)c2cccc3sc4ccccc4c23)c(-c2ccc3ccccc3c2)c1. The standard InChI is InChI=1S/C46H29NS2/c1-2-14-31-29-32(28-27-30(31)13-1)33-15-3-7-20-38(33)47(40-22-12-26-44-46(40)37-18-6-10-24-42(37)49-44)39-21-8-4-16-34(39)35-19-11-25-43-45(35)36-17-5-9-23-41(36)48-43/h1-29H. The van der Waals surface area contributed by atoms with Crippen molar-refractivity contribution in [3.05, 3.63) is 176 Å². The van der Waals surface area contributed by atoms with Crippen molar-refractivity contribution in [3.8, 4) is 22.3 Å². The Bertz CT molecular complexity index is 2860. The second-order valence-corrected chi connectivity index (χ2v) is 14.6. The van der Waals surface area contributed by atoms with Gasteiger partial charge in [0.2, 0.25) is 0 Å². The van der Waals surface area contributed by atoms with Crippen molar-refractivity contribution in [3.63, 3.8) is 0 Å². The van der Waals surface area contributed by atoms with Gasteiger partial charge in [0.05, 0.1) is 17.1 Å². The van der Waals surface area contributed by atoms with Crippen molar-refractivity contribution in [2.75, 3.05) is 4.90 Å². The van der Waals surface area contributed by atoms with Crippen LogP contribution in [0.25, 0.3) is 73.4 Å². The molecule has 0 fully saturated rings. The van der Waals surface area contributed by atoms with Gasteiger partial charge in [-0.1, -0.05) is 127 Å². The molecule has 1 nitrogen and oxygen atoms in total. The van der Waals surface area contributed by atoms with Gasteiger partial charge < -0.3 is 4.90 Å². The van der Waals surface area contributed by atoms with E-state index in [9.17, 15) is 0 Å². The Labute approximate surface area is 292 Å². The molecule has 0 aliphatic heterocycles. The molecule has 2 aromatic heterocycles. The average molecular weight is 660 g/mol. The Hall–Kier alpha value is -5.74. The fourth-order valence-electron chi connectivity index (χ4n) is 7.50. The number of anilines is 3. The van der Waals surface area contributed by atoms with Crippen molar-refractivity contribution < 1.29 is 0 Å². The molecule has 0 amide bonds. The summed E-state index contributed by atoms with van der Waals surface area (Å²) in [6.45, 7) is 0. The quantitative estimate of drug-likeness (QED) is 0.178. The molecule has 0 N–H and O–H groups in total. The van der Waals surface area contributed by atoms with Crippen molar-refractivity contribution in [2.45, 2.75) is 0 Å². The number of hydrogen-bond acceptors (Lipinski definition) is 3. The Balaban J connectivity index is 1.30. The lowest BCUT2D eigenvalue weighted by Gasteiger charge is -2.31. The van der Waals surface area contributed by atoms with Crippen molar-refractivity contribution in [2.24, 2.45) is 0 Å². The predicted octanol–water partition coefficient (Wildman–Crippen LogP) is 14.4. The monoisotopic (exact) mass is 659 g/mol. The highest BCUT2D eigenvalue weighted by molar-refractivity contribution is 7.26. The second kappa shape index (κ2) is 11.5. The van der Waals surface area contributed by atoms with E-state index in [0.29, 0.717) is 0 Å². The predicted molar refractivity (Wildman–Crippen MR) is 215 cm³/mol. The summed E-state index contributed by atoms with van der Waals surface area (Å²) in [6, 6.07) is 64.5. The lowest BCUT2D eigenvalue weighted by Crippen LogP contribution is -2.12. The molecule has 0 bridgehead atoms. The van der Waals surface area contributed by atoms with Crippen LogP contribution in [0, 0.1) is 0 Å². The van der Waals surface area contributed by atoms with E-state index in [0.717, 1.165) is 11.4 Å². The van der Waals surface area contributed by atoms with E-state index in [1.807, 2.05) is 22.7 Å². The van der Waals surface area contributed by atoms with Crippen LogP contribution in [0.15, 0.2) is 176 Å². The van der Waals surface area contributed by atoms with E-state index >= 15 is 0 Å². The summed E-state index contributed by atoms with van der Waals surface area (Å²) >= 11 is 3.74. The number of para-hydroxylation sites is 2.